The number of ether oxygens (including phenoxy) is 1. The summed E-state index contributed by atoms with van der Waals surface area (Å²) in [6.07, 6.45) is 3.07. The van der Waals surface area contributed by atoms with Gasteiger partial charge in [-0.15, -0.1) is 23.2 Å². The molecule has 1 amide bonds. The molecule has 0 aromatic rings. The Bertz CT molecular complexity index is 343. The standard InChI is InChI=1S/C13H21Cl2NO3/c1-12(9-13(12,14)15)11(18)16-5-3-10(4-6-16)19-8-2-7-17/h10,17H,2-9H2,1H3. The van der Waals surface area contributed by atoms with Crippen molar-refractivity contribution in [3.63, 3.8) is 0 Å². The molecule has 1 saturated carbocycles. The van der Waals surface area contributed by atoms with E-state index in [1.165, 1.54) is 0 Å². The monoisotopic (exact) mass is 309 g/mol. The lowest BCUT2D eigenvalue weighted by Crippen LogP contribution is -2.45. The molecule has 2 fully saturated rings. The molecule has 1 N–H and O–H groups in total. The zero-order valence-corrected chi connectivity index (χ0v) is 12.7. The quantitative estimate of drug-likeness (QED) is 0.624. The SMILES string of the molecule is CC1(C(=O)N2CCC(OCCCO)CC2)CC1(Cl)Cl. The summed E-state index contributed by atoms with van der Waals surface area (Å²) in [5.74, 6) is 0.0614. The number of amides is 1. The Morgan fingerprint density at radius 2 is 2.00 bits per heavy atom. The molecule has 0 aromatic carbocycles. The van der Waals surface area contributed by atoms with Crippen LogP contribution in [0.15, 0.2) is 0 Å². The molecule has 0 bridgehead atoms. The lowest BCUT2D eigenvalue weighted by molar-refractivity contribution is -0.139. The summed E-state index contributed by atoms with van der Waals surface area (Å²) < 4.78 is 4.75. The molecule has 6 heteroatoms. The Morgan fingerprint density at radius 1 is 1.42 bits per heavy atom. The van der Waals surface area contributed by atoms with Crippen molar-refractivity contribution >= 4 is 29.1 Å². The maximum Gasteiger partial charge on any atom is 0.231 e. The largest absolute Gasteiger partial charge is 0.396 e. The number of rotatable bonds is 5. The number of carbonyl (C=O) groups excluding carboxylic acids is 1. The fourth-order valence-electron chi connectivity index (χ4n) is 2.52. The Kier molecular flexibility index (Phi) is 4.66. The van der Waals surface area contributed by atoms with Crippen LogP contribution in [0.1, 0.15) is 32.6 Å². The molecule has 19 heavy (non-hydrogen) atoms. The molecular formula is C13H21Cl2NO3. The summed E-state index contributed by atoms with van der Waals surface area (Å²) >= 11 is 12.1. The van der Waals surface area contributed by atoms with Gasteiger partial charge >= 0.3 is 0 Å². The first-order valence-corrected chi connectivity index (χ1v) is 7.56. The average Bonchev–Trinajstić information content (AvgIpc) is 2.90. The van der Waals surface area contributed by atoms with Gasteiger partial charge in [-0.1, -0.05) is 0 Å². The van der Waals surface area contributed by atoms with Gasteiger partial charge in [-0.25, -0.2) is 0 Å². The van der Waals surface area contributed by atoms with Gasteiger partial charge in [0.2, 0.25) is 5.91 Å². The fraction of sp³-hybridized carbons (Fsp3) is 0.923. The Morgan fingerprint density at radius 3 is 2.47 bits per heavy atom. The highest BCUT2D eigenvalue weighted by Crippen LogP contribution is 2.64. The van der Waals surface area contributed by atoms with Gasteiger partial charge in [-0.3, -0.25) is 4.79 Å². The highest BCUT2D eigenvalue weighted by atomic mass is 35.5. The number of hydrogen-bond acceptors (Lipinski definition) is 3. The molecule has 0 spiro atoms. The van der Waals surface area contributed by atoms with E-state index in [0.29, 0.717) is 32.5 Å². The molecule has 2 aliphatic rings. The first-order chi connectivity index (χ1) is 8.90. The van der Waals surface area contributed by atoms with Crippen molar-refractivity contribution < 1.29 is 14.6 Å². The Labute approximate surface area is 124 Å². The number of aliphatic hydroxyl groups excluding tert-OH is 1. The summed E-state index contributed by atoms with van der Waals surface area (Å²) in [5, 5.41) is 8.70. The van der Waals surface area contributed by atoms with E-state index < -0.39 is 9.75 Å². The minimum Gasteiger partial charge on any atom is -0.396 e. The molecule has 1 atom stereocenters. The number of halogens is 2. The third-order valence-electron chi connectivity index (χ3n) is 4.12. The topological polar surface area (TPSA) is 49.8 Å². The van der Waals surface area contributed by atoms with Crippen molar-refractivity contribution in [3.05, 3.63) is 0 Å². The van der Waals surface area contributed by atoms with Crippen LogP contribution in [0.4, 0.5) is 0 Å². The third-order valence-corrected chi connectivity index (χ3v) is 5.22. The Balaban J connectivity index is 1.76. The van der Waals surface area contributed by atoms with Crippen LogP contribution in [-0.2, 0) is 9.53 Å². The van der Waals surface area contributed by atoms with Crippen molar-refractivity contribution in [1.82, 2.24) is 4.90 Å². The van der Waals surface area contributed by atoms with Crippen LogP contribution in [0.5, 0.6) is 0 Å². The number of alkyl halides is 2. The molecule has 1 aliphatic carbocycles. The summed E-state index contributed by atoms with van der Waals surface area (Å²) in [4.78, 5) is 14.2. The van der Waals surface area contributed by atoms with Gasteiger partial charge in [0.25, 0.3) is 0 Å². The molecule has 0 radical (unpaired) electrons. The van der Waals surface area contributed by atoms with Gasteiger partial charge in [0.1, 0.15) is 4.33 Å². The second-order valence-corrected chi connectivity index (χ2v) is 7.14. The van der Waals surface area contributed by atoms with Crippen LogP contribution in [-0.4, -0.2) is 52.7 Å². The molecule has 1 saturated heterocycles. The van der Waals surface area contributed by atoms with Crippen LogP contribution >= 0.6 is 23.2 Å². The van der Waals surface area contributed by atoms with Gasteiger partial charge in [0.15, 0.2) is 0 Å². The van der Waals surface area contributed by atoms with Crippen LogP contribution in [0, 0.1) is 5.41 Å². The predicted octanol–water partition coefficient (Wildman–Crippen LogP) is 1.96. The van der Waals surface area contributed by atoms with Crippen molar-refractivity contribution in [2.24, 2.45) is 5.41 Å². The molecule has 0 aromatic heterocycles. The van der Waals surface area contributed by atoms with Crippen LogP contribution < -0.4 is 0 Å². The summed E-state index contributed by atoms with van der Waals surface area (Å²) in [6.45, 7) is 3.96. The maximum absolute atomic E-state index is 12.3. The number of aliphatic hydroxyl groups is 1. The van der Waals surface area contributed by atoms with E-state index in [-0.39, 0.29) is 18.6 Å². The first-order valence-electron chi connectivity index (χ1n) is 6.80. The summed E-state index contributed by atoms with van der Waals surface area (Å²) in [6, 6.07) is 0. The summed E-state index contributed by atoms with van der Waals surface area (Å²) in [5.41, 5.74) is -0.610. The van der Waals surface area contributed by atoms with Gasteiger partial charge in [-0.2, -0.15) is 0 Å². The summed E-state index contributed by atoms with van der Waals surface area (Å²) in [7, 11) is 0. The zero-order chi connectivity index (χ0) is 14.1. The zero-order valence-electron chi connectivity index (χ0n) is 11.2. The van der Waals surface area contributed by atoms with Gasteiger partial charge < -0.3 is 14.7 Å². The minimum absolute atomic E-state index is 0.0614. The van der Waals surface area contributed by atoms with Crippen molar-refractivity contribution in [1.29, 1.82) is 0 Å². The van der Waals surface area contributed by atoms with E-state index in [4.69, 9.17) is 33.0 Å². The van der Waals surface area contributed by atoms with E-state index in [1.807, 2.05) is 11.8 Å². The van der Waals surface area contributed by atoms with Crippen LogP contribution in [0.25, 0.3) is 0 Å². The minimum atomic E-state index is -0.890. The highest BCUT2D eigenvalue weighted by Gasteiger charge is 2.68. The van der Waals surface area contributed by atoms with Gasteiger partial charge in [-0.05, 0) is 32.6 Å². The molecule has 2 rings (SSSR count). The van der Waals surface area contributed by atoms with Gasteiger partial charge in [0, 0.05) is 26.3 Å². The average molecular weight is 310 g/mol. The number of carbonyl (C=O) groups is 1. The van der Waals surface area contributed by atoms with Crippen LogP contribution in [0.3, 0.4) is 0 Å². The smallest absolute Gasteiger partial charge is 0.231 e. The van der Waals surface area contributed by atoms with E-state index in [9.17, 15) is 4.79 Å². The molecule has 1 aliphatic heterocycles. The molecule has 4 nitrogen and oxygen atoms in total. The number of piperidine rings is 1. The number of likely N-dealkylation sites (tertiary alicyclic amines) is 1. The maximum atomic E-state index is 12.3. The third kappa shape index (κ3) is 3.18. The second kappa shape index (κ2) is 5.76. The van der Waals surface area contributed by atoms with Gasteiger partial charge in [0.05, 0.1) is 11.5 Å². The molecule has 110 valence electrons. The second-order valence-electron chi connectivity index (χ2n) is 5.65. The molecule has 1 heterocycles. The van der Waals surface area contributed by atoms with E-state index in [0.717, 1.165) is 12.8 Å². The Hall–Kier alpha value is -0.0300. The van der Waals surface area contributed by atoms with Crippen molar-refractivity contribution in [2.75, 3.05) is 26.3 Å². The molecular weight excluding hydrogens is 289 g/mol. The van der Waals surface area contributed by atoms with Crippen molar-refractivity contribution in [2.45, 2.75) is 43.0 Å². The lowest BCUT2D eigenvalue weighted by Gasteiger charge is -2.34. The highest BCUT2D eigenvalue weighted by molar-refractivity contribution is 6.53. The normalized spacial score (nSPS) is 30.4. The fourth-order valence-corrected chi connectivity index (χ4v) is 3.22. The lowest BCUT2D eigenvalue weighted by atomic mass is 10.0. The van der Waals surface area contributed by atoms with E-state index >= 15 is 0 Å². The van der Waals surface area contributed by atoms with Crippen LogP contribution in [0.2, 0.25) is 0 Å². The molecule has 1 unspecified atom stereocenters. The number of hydrogen-bond donors (Lipinski definition) is 1. The van der Waals surface area contributed by atoms with E-state index in [2.05, 4.69) is 0 Å². The van der Waals surface area contributed by atoms with Crippen molar-refractivity contribution in [3.8, 4) is 0 Å². The van der Waals surface area contributed by atoms with E-state index in [1.54, 1.807) is 0 Å². The number of nitrogens with zero attached hydrogens (tertiary/aromatic N) is 1. The first kappa shape index (κ1) is 15.4. The predicted molar refractivity (Wildman–Crippen MR) is 74.4 cm³/mol.